The van der Waals surface area contributed by atoms with Crippen LogP contribution in [0.5, 0.6) is 0 Å². The van der Waals surface area contributed by atoms with Crippen molar-refractivity contribution in [2.45, 2.75) is 25.4 Å². The topological polar surface area (TPSA) is 78.4 Å². The van der Waals surface area contributed by atoms with Gasteiger partial charge in [-0.15, -0.1) is 11.3 Å². The average Bonchev–Trinajstić information content (AvgIpc) is 3.01. The van der Waals surface area contributed by atoms with E-state index < -0.39 is 5.97 Å². The van der Waals surface area contributed by atoms with E-state index in [1.165, 1.54) is 17.4 Å². The number of rotatable bonds is 5. The lowest BCUT2D eigenvalue weighted by Crippen LogP contribution is -2.36. The predicted octanol–water partition coefficient (Wildman–Crippen LogP) is 1.81. The minimum absolute atomic E-state index is 0.168. The molecule has 0 unspecified atom stereocenters. The third-order valence-corrected chi connectivity index (χ3v) is 3.44. The summed E-state index contributed by atoms with van der Waals surface area (Å²) >= 11 is 1.49. The summed E-state index contributed by atoms with van der Waals surface area (Å²) in [6.07, 6.45) is 4.74. The Bertz CT molecular complexity index is 477. The van der Waals surface area contributed by atoms with Crippen LogP contribution in [0.2, 0.25) is 0 Å². The molecule has 0 radical (unpaired) electrons. The molecule has 18 heavy (non-hydrogen) atoms. The Kier molecular flexibility index (Phi) is 3.99. The smallest absolute Gasteiger partial charge is 0.328 e. The van der Waals surface area contributed by atoms with Crippen LogP contribution in [-0.2, 0) is 11.3 Å². The lowest BCUT2D eigenvalue weighted by atomic mass is 10.2. The van der Waals surface area contributed by atoms with Crippen molar-refractivity contribution >= 4 is 29.4 Å². The zero-order valence-electron chi connectivity index (χ0n) is 9.68. The fraction of sp³-hybridized carbons (Fsp3) is 0.333. The van der Waals surface area contributed by atoms with Gasteiger partial charge >= 0.3 is 12.0 Å². The molecule has 0 spiro atoms. The monoisotopic (exact) mass is 266 g/mol. The van der Waals surface area contributed by atoms with Crippen LogP contribution in [0.3, 0.4) is 0 Å². The number of hydrogen-bond donors (Lipinski definition) is 3. The van der Waals surface area contributed by atoms with E-state index in [2.05, 4.69) is 10.6 Å². The summed E-state index contributed by atoms with van der Waals surface area (Å²) in [5, 5.41) is 16.0. The van der Waals surface area contributed by atoms with Crippen LogP contribution in [-0.4, -0.2) is 23.1 Å². The molecule has 5 nitrogen and oxygen atoms in total. The van der Waals surface area contributed by atoms with Crippen molar-refractivity contribution in [2.75, 3.05) is 0 Å². The van der Waals surface area contributed by atoms with Gasteiger partial charge in [0.2, 0.25) is 0 Å². The first kappa shape index (κ1) is 12.6. The Balaban J connectivity index is 1.86. The molecular weight excluding hydrogens is 252 g/mol. The Morgan fingerprint density at radius 1 is 1.50 bits per heavy atom. The summed E-state index contributed by atoms with van der Waals surface area (Å²) in [6, 6.07) is 2.00. The first-order valence-electron chi connectivity index (χ1n) is 5.67. The fourth-order valence-electron chi connectivity index (χ4n) is 1.43. The second-order valence-corrected chi connectivity index (χ2v) is 5.07. The SMILES string of the molecule is O=C(O)C=Cc1ccsc1CNC(=O)NC1CC1. The molecule has 2 rings (SSSR count). The van der Waals surface area contributed by atoms with E-state index in [0.29, 0.717) is 12.6 Å². The molecular formula is C12H14N2O3S. The minimum atomic E-state index is -0.980. The molecule has 1 saturated carbocycles. The number of carbonyl (C=O) groups excluding carboxylic acids is 1. The normalized spacial score (nSPS) is 14.7. The van der Waals surface area contributed by atoms with Crippen molar-refractivity contribution in [3.05, 3.63) is 28.0 Å². The van der Waals surface area contributed by atoms with Gasteiger partial charge in [-0.2, -0.15) is 0 Å². The summed E-state index contributed by atoms with van der Waals surface area (Å²) in [4.78, 5) is 22.8. The van der Waals surface area contributed by atoms with Gasteiger partial charge in [0.1, 0.15) is 0 Å². The number of nitrogens with one attached hydrogen (secondary N) is 2. The second-order valence-electron chi connectivity index (χ2n) is 4.07. The molecule has 1 heterocycles. The van der Waals surface area contributed by atoms with Gasteiger partial charge in [-0.25, -0.2) is 9.59 Å². The van der Waals surface area contributed by atoms with Crippen LogP contribution in [0.1, 0.15) is 23.3 Å². The molecule has 0 bridgehead atoms. The van der Waals surface area contributed by atoms with E-state index in [1.54, 1.807) is 0 Å². The quantitative estimate of drug-likeness (QED) is 0.711. The average molecular weight is 266 g/mol. The van der Waals surface area contributed by atoms with Gasteiger partial charge < -0.3 is 15.7 Å². The van der Waals surface area contributed by atoms with E-state index in [4.69, 9.17) is 5.11 Å². The molecule has 3 N–H and O–H groups in total. The number of carboxylic acids is 1. The predicted molar refractivity (Wildman–Crippen MR) is 69.4 cm³/mol. The van der Waals surface area contributed by atoms with Crippen molar-refractivity contribution in [1.29, 1.82) is 0 Å². The number of amides is 2. The van der Waals surface area contributed by atoms with Crippen LogP contribution >= 0.6 is 11.3 Å². The molecule has 1 aromatic rings. The van der Waals surface area contributed by atoms with Crippen molar-refractivity contribution in [3.8, 4) is 0 Å². The Morgan fingerprint density at radius 3 is 2.94 bits per heavy atom. The van der Waals surface area contributed by atoms with Gasteiger partial charge in [0, 0.05) is 17.0 Å². The van der Waals surface area contributed by atoms with Gasteiger partial charge in [0.05, 0.1) is 6.54 Å². The Hall–Kier alpha value is -1.82. The van der Waals surface area contributed by atoms with E-state index in [9.17, 15) is 9.59 Å². The van der Waals surface area contributed by atoms with Crippen molar-refractivity contribution < 1.29 is 14.7 Å². The van der Waals surface area contributed by atoms with E-state index >= 15 is 0 Å². The fourth-order valence-corrected chi connectivity index (χ4v) is 2.23. The molecule has 1 aliphatic rings. The summed E-state index contributed by atoms with van der Waals surface area (Å²) in [7, 11) is 0. The first-order valence-corrected chi connectivity index (χ1v) is 6.55. The highest BCUT2D eigenvalue weighted by Gasteiger charge is 2.22. The van der Waals surface area contributed by atoms with E-state index in [0.717, 1.165) is 29.4 Å². The van der Waals surface area contributed by atoms with Gasteiger partial charge in [0.25, 0.3) is 0 Å². The lowest BCUT2D eigenvalue weighted by Gasteiger charge is -2.05. The summed E-state index contributed by atoms with van der Waals surface area (Å²) < 4.78 is 0. The van der Waals surface area contributed by atoms with Crippen molar-refractivity contribution in [1.82, 2.24) is 10.6 Å². The molecule has 0 atom stereocenters. The molecule has 0 aliphatic heterocycles. The van der Waals surface area contributed by atoms with E-state index in [-0.39, 0.29) is 6.03 Å². The second kappa shape index (κ2) is 5.68. The molecule has 0 aromatic carbocycles. The highest BCUT2D eigenvalue weighted by molar-refractivity contribution is 7.10. The third kappa shape index (κ3) is 3.89. The van der Waals surface area contributed by atoms with Crippen LogP contribution in [0.15, 0.2) is 17.5 Å². The molecule has 0 saturated heterocycles. The van der Waals surface area contributed by atoms with Crippen molar-refractivity contribution in [3.63, 3.8) is 0 Å². The molecule has 1 aromatic heterocycles. The molecule has 1 aliphatic carbocycles. The van der Waals surface area contributed by atoms with Crippen LogP contribution in [0.25, 0.3) is 6.08 Å². The largest absolute Gasteiger partial charge is 0.478 e. The number of thiophene rings is 1. The van der Waals surface area contributed by atoms with Gasteiger partial charge in [-0.3, -0.25) is 0 Å². The number of hydrogen-bond acceptors (Lipinski definition) is 3. The minimum Gasteiger partial charge on any atom is -0.478 e. The maximum Gasteiger partial charge on any atom is 0.328 e. The van der Waals surface area contributed by atoms with E-state index in [1.807, 2.05) is 11.4 Å². The highest BCUT2D eigenvalue weighted by Crippen LogP contribution is 2.19. The zero-order chi connectivity index (χ0) is 13.0. The third-order valence-electron chi connectivity index (χ3n) is 2.51. The molecule has 6 heteroatoms. The number of urea groups is 1. The number of carboxylic acid groups (broad SMARTS) is 1. The lowest BCUT2D eigenvalue weighted by molar-refractivity contribution is -0.131. The first-order chi connectivity index (χ1) is 8.65. The standard InChI is InChI=1S/C12H14N2O3S/c15-11(16)4-1-8-5-6-18-10(8)7-13-12(17)14-9-2-3-9/h1,4-6,9H,2-3,7H2,(H,15,16)(H2,13,14,17). The summed E-state index contributed by atoms with van der Waals surface area (Å²) in [6.45, 7) is 0.412. The Labute approximate surface area is 109 Å². The van der Waals surface area contributed by atoms with Gasteiger partial charge in [0.15, 0.2) is 0 Å². The molecule has 1 fully saturated rings. The zero-order valence-corrected chi connectivity index (χ0v) is 10.5. The highest BCUT2D eigenvalue weighted by atomic mass is 32.1. The number of carbonyl (C=O) groups is 2. The molecule has 96 valence electrons. The van der Waals surface area contributed by atoms with Crippen molar-refractivity contribution in [2.24, 2.45) is 0 Å². The summed E-state index contributed by atoms with van der Waals surface area (Å²) in [5.74, 6) is -0.980. The van der Waals surface area contributed by atoms with Gasteiger partial charge in [-0.05, 0) is 35.9 Å². The van der Waals surface area contributed by atoms with Crippen LogP contribution in [0, 0.1) is 0 Å². The maximum absolute atomic E-state index is 11.4. The summed E-state index contributed by atoms with van der Waals surface area (Å²) in [5.41, 5.74) is 0.828. The number of aliphatic carboxylic acids is 1. The molecule has 2 amide bonds. The Morgan fingerprint density at radius 2 is 2.28 bits per heavy atom. The maximum atomic E-state index is 11.4. The van der Waals surface area contributed by atoms with Crippen LogP contribution < -0.4 is 10.6 Å². The van der Waals surface area contributed by atoms with Gasteiger partial charge in [-0.1, -0.05) is 0 Å². The van der Waals surface area contributed by atoms with Crippen LogP contribution in [0.4, 0.5) is 4.79 Å².